The topological polar surface area (TPSA) is 47.6 Å². The number of carbonyl (C=O) groups excluding carboxylic acids is 1. The number of ether oxygens (including phenoxy) is 2. The molecule has 128 valence electrons. The second-order valence-electron chi connectivity index (χ2n) is 5.36. The Morgan fingerprint density at radius 2 is 1.79 bits per heavy atom. The summed E-state index contributed by atoms with van der Waals surface area (Å²) in [7, 11) is 0. The van der Waals surface area contributed by atoms with Crippen molar-refractivity contribution in [1.29, 1.82) is 0 Å². The van der Waals surface area contributed by atoms with Crippen LogP contribution in [0.1, 0.15) is 25.0 Å². The molecule has 4 nitrogen and oxygen atoms in total. The molecule has 0 bridgehead atoms. The minimum absolute atomic E-state index is 0.187. The average molecular weight is 348 g/mol. The Bertz CT molecular complexity index is 658. The number of nitrogens with one attached hydrogen (secondary N) is 1. The summed E-state index contributed by atoms with van der Waals surface area (Å²) >= 11 is 6.03. The SMILES string of the molecule is CCOCc1ccc(CNC(=O)C(C)Oc2ccccc2Cl)cc1. The van der Waals surface area contributed by atoms with E-state index in [4.69, 9.17) is 21.1 Å². The molecule has 2 aromatic carbocycles. The average Bonchev–Trinajstić information content (AvgIpc) is 2.60. The second kappa shape index (κ2) is 9.30. The van der Waals surface area contributed by atoms with Gasteiger partial charge in [0.1, 0.15) is 5.75 Å². The summed E-state index contributed by atoms with van der Waals surface area (Å²) in [5, 5.41) is 3.35. The molecule has 0 heterocycles. The first-order chi connectivity index (χ1) is 11.6. The van der Waals surface area contributed by atoms with Crippen molar-refractivity contribution in [3.63, 3.8) is 0 Å². The van der Waals surface area contributed by atoms with Crippen molar-refractivity contribution >= 4 is 17.5 Å². The summed E-state index contributed by atoms with van der Waals surface area (Å²) < 4.78 is 11.0. The van der Waals surface area contributed by atoms with Gasteiger partial charge in [-0.25, -0.2) is 0 Å². The quantitative estimate of drug-likeness (QED) is 0.786. The lowest BCUT2D eigenvalue weighted by Crippen LogP contribution is -2.35. The van der Waals surface area contributed by atoms with Crippen LogP contribution >= 0.6 is 11.6 Å². The summed E-state index contributed by atoms with van der Waals surface area (Å²) in [6.45, 7) is 5.41. The Morgan fingerprint density at radius 1 is 1.12 bits per heavy atom. The second-order valence-corrected chi connectivity index (χ2v) is 5.77. The summed E-state index contributed by atoms with van der Waals surface area (Å²) in [5.74, 6) is 0.315. The van der Waals surface area contributed by atoms with Crippen molar-refractivity contribution in [2.45, 2.75) is 33.1 Å². The van der Waals surface area contributed by atoms with Gasteiger partial charge in [-0.15, -0.1) is 0 Å². The highest BCUT2D eigenvalue weighted by atomic mass is 35.5. The Kier molecular flexibility index (Phi) is 7.09. The Hall–Kier alpha value is -2.04. The summed E-state index contributed by atoms with van der Waals surface area (Å²) in [6, 6.07) is 15.1. The van der Waals surface area contributed by atoms with E-state index >= 15 is 0 Å². The molecule has 0 saturated carbocycles. The zero-order chi connectivity index (χ0) is 17.4. The molecular formula is C19H22ClNO3. The molecule has 2 rings (SSSR count). The molecule has 2 aromatic rings. The molecule has 0 radical (unpaired) electrons. The summed E-state index contributed by atoms with van der Waals surface area (Å²) in [5.41, 5.74) is 2.14. The van der Waals surface area contributed by atoms with Crippen molar-refractivity contribution in [2.24, 2.45) is 0 Å². The zero-order valence-electron chi connectivity index (χ0n) is 13.9. The molecule has 1 atom stereocenters. The van der Waals surface area contributed by atoms with E-state index in [1.807, 2.05) is 43.3 Å². The highest BCUT2D eigenvalue weighted by molar-refractivity contribution is 6.32. The van der Waals surface area contributed by atoms with E-state index in [0.29, 0.717) is 30.5 Å². The lowest BCUT2D eigenvalue weighted by Gasteiger charge is -2.15. The molecule has 0 aliphatic rings. The van der Waals surface area contributed by atoms with Gasteiger partial charge in [0.2, 0.25) is 0 Å². The first-order valence-electron chi connectivity index (χ1n) is 7.94. The lowest BCUT2D eigenvalue weighted by molar-refractivity contribution is -0.127. The van der Waals surface area contributed by atoms with Crippen molar-refractivity contribution < 1.29 is 14.3 Å². The van der Waals surface area contributed by atoms with Crippen LogP contribution in [0.4, 0.5) is 0 Å². The van der Waals surface area contributed by atoms with Crippen LogP contribution < -0.4 is 10.1 Å². The number of amides is 1. The van der Waals surface area contributed by atoms with Gasteiger partial charge in [-0.05, 0) is 37.1 Å². The summed E-state index contributed by atoms with van der Waals surface area (Å²) in [4.78, 5) is 12.1. The van der Waals surface area contributed by atoms with Gasteiger partial charge in [-0.3, -0.25) is 4.79 Å². The third-order valence-corrected chi connectivity index (χ3v) is 3.78. The standard InChI is InChI=1S/C19H22ClNO3/c1-3-23-13-16-10-8-15(9-11-16)12-21-19(22)14(2)24-18-7-5-4-6-17(18)20/h4-11,14H,3,12-13H2,1-2H3,(H,21,22). The number of benzene rings is 2. The zero-order valence-corrected chi connectivity index (χ0v) is 14.7. The molecule has 0 aromatic heterocycles. The van der Waals surface area contributed by atoms with Crippen molar-refractivity contribution in [3.05, 3.63) is 64.7 Å². The number of hydrogen-bond acceptors (Lipinski definition) is 3. The van der Waals surface area contributed by atoms with E-state index in [-0.39, 0.29) is 5.91 Å². The molecule has 0 fully saturated rings. The lowest BCUT2D eigenvalue weighted by atomic mass is 10.1. The van der Waals surface area contributed by atoms with E-state index in [9.17, 15) is 4.79 Å². The van der Waals surface area contributed by atoms with Crippen molar-refractivity contribution in [2.75, 3.05) is 6.61 Å². The maximum atomic E-state index is 12.1. The van der Waals surface area contributed by atoms with Gasteiger partial charge in [0.15, 0.2) is 6.10 Å². The smallest absolute Gasteiger partial charge is 0.261 e. The fourth-order valence-corrected chi connectivity index (χ4v) is 2.27. The molecule has 24 heavy (non-hydrogen) atoms. The first-order valence-corrected chi connectivity index (χ1v) is 8.32. The number of hydrogen-bond donors (Lipinski definition) is 1. The van der Waals surface area contributed by atoms with Gasteiger partial charge in [0, 0.05) is 13.2 Å². The highest BCUT2D eigenvalue weighted by Crippen LogP contribution is 2.24. The first kappa shape index (κ1) is 18.3. The fraction of sp³-hybridized carbons (Fsp3) is 0.316. The van der Waals surface area contributed by atoms with Crippen LogP contribution in [0.5, 0.6) is 5.75 Å². The van der Waals surface area contributed by atoms with E-state index in [2.05, 4.69) is 5.32 Å². The minimum Gasteiger partial charge on any atom is -0.479 e. The van der Waals surface area contributed by atoms with Gasteiger partial charge in [-0.2, -0.15) is 0 Å². The van der Waals surface area contributed by atoms with Crippen LogP contribution in [0.25, 0.3) is 0 Å². The van der Waals surface area contributed by atoms with Crippen molar-refractivity contribution in [3.8, 4) is 5.75 Å². The fourth-order valence-electron chi connectivity index (χ4n) is 2.09. The molecule has 1 N–H and O–H groups in total. The normalized spacial score (nSPS) is 11.8. The van der Waals surface area contributed by atoms with E-state index in [1.54, 1.807) is 19.1 Å². The van der Waals surface area contributed by atoms with Crippen LogP contribution in [0.15, 0.2) is 48.5 Å². The number of rotatable bonds is 8. The van der Waals surface area contributed by atoms with Crippen molar-refractivity contribution in [1.82, 2.24) is 5.32 Å². The van der Waals surface area contributed by atoms with Gasteiger partial charge in [-0.1, -0.05) is 48.0 Å². The van der Waals surface area contributed by atoms with Crippen LogP contribution in [0.2, 0.25) is 5.02 Å². The third-order valence-electron chi connectivity index (χ3n) is 3.47. The van der Waals surface area contributed by atoms with Gasteiger partial charge >= 0.3 is 0 Å². The minimum atomic E-state index is -0.623. The number of halogens is 1. The van der Waals surface area contributed by atoms with E-state index in [1.165, 1.54) is 0 Å². The van der Waals surface area contributed by atoms with Gasteiger partial charge in [0.25, 0.3) is 5.91 Å². The van der Waals surface area contributed by atoms with Gasteiger partial charge < -0.3 is 14.8 Å². The molecule has 1 unspecified atom stereocenters. The van der Waals surface area contributed by atoms with Gasteiger partial charge in [0.05, 0.1) is 11.6 Å². The highest BCUT2D eigenvalue weighted by Gasteiger charge is 2.15. The predicted octanol–water partition coefficient (Wildman–Crippen LogP) is 3.96. The molecule has 5 heteroatoms. The Morgan fingerprint density at radius 3 is 2.46 bits per heavy atom. The Balaban J connectivity index is 1.82. The van der Waals surface area contributed by atoms with Crippen LogP contribution in [-0.2, 0) is 22.7 Å². The van der Waals surface area contributed by atoms with Crippen LogP contribution in [-0.4, -0.2) is 18.6 Å². The molecule has 0 aliphatic carbocycles. The third kappa shape index (κ3) is 5.55. The maximum Gasteiger partial charge on any atom is 0.261 e. The molecule has 0 saturated heterocycles. The summed E-state index contributed by atoms with van der Waals surface area (Å²) in [6.07, 6.45) is -0.623. The number of carbonyl (C=O) groups is 1. The molecular weight excluding hydrogens is 326 g/mol. The van der Waals surface area contributed by atoms with Crippen LogP contribution in [0, 0.1) is 0 Å². The monoisotopic (exact) mass is 347 g/mol. The number of para-hydroxylation sites is 1. The largest absolute Gasteiger partial charge is 0.479 e. The van der Waals surface area contributed by atoms with E-state index < -0.39 is 6.10 Å². The maximum absolute atomic E-state index is 12.1. The molecule has 1 amide bonds. The Labute approximate surface area is 147 Å². The molecule has 0 aliphatic heterocycles. The predicted molar refractivity (Wildman–Crippen MR) is 95.2 cm³/mol. The van der Waals surface area contributed by atoms with E-state index in [0.717, 1.165) is 11.1 Å². The molecule has 0 spiro atoms. The van der Waals surface area contributed by atoms with Crippen LogP contribution in [0.3, 0.4) is 0 Å².